The lowest BCUT2D eigenvalue weighted by atomic mass is 9.76. The molecule has 2 aromatic carbocycles. The van der Waals surface area contributed by atoms with Crippen LogP contribution in [0.3, 0.4) is 0 Å². The quantitative estimate of drug-likeness (QED) is 0.581. The van der Waals surface area contributed by atoms with E-state index in [4.69, 9.17) is 4.74 Å². The molecule has 4 aliphatic rings. The number of nitrogens with zero attached hydrogens (tertiary/aromatic N) is 3. The van der Waals surface area contributed by atoms with Gasteiger partial charge in [-0.05, 0) is 37.3 Å². The molecule has 1 spiro atoms. The van der Waals surface area contributed by atoms with Crippen LogP contribution in [0.1, 0.15) is 12.5 Å². The summed E-state index contributed by atoms with van der Waals surface area (Å²) in [5.74, 6) is -2.89. The highest BCUT2D eigenvalue weighted by atomic mass is 79.9. The van der Waals surface area contributed by atoms with Crippen LogP contribution in [0, 0.1) is 11.8 Å². The van der Waals surface area contributed by atoms with Crippen LogP contribution in [0.15, 0.2) is 53.0 Å². The molecule has 1 N–H and O–H groups in total. The summed E-state index contributed by atoms with van der Waals surface area (Å²) >= 11 is 3.39. The van der Waals surface area contributed by atoms with Crippen LogP contribution in [0.5, 0.6) is 0 Å². The number of para-hydroxylation sites is 1. The molecule has 0 bridgehead atoms. The Hall–Kier alpha value is -3.08. The van der Waals surface area contributed by atoms with Crippen LogP contribution >= 0.6 is 15.9 Å². The van der Waals surface area contributed by atoms with Crippen molar-refractivity contribution < 1.29 is 23.9 Å². The van der Waals surface area contributed by atoms with E-state index in [9.17, 15) is 19.2 Å². The van der Waals surface area contributed by atoms with Crippen LogP contribution in [0.2, 0.25) is 0 Å². The first-order chi connectivity index (χ1) is 17.3. The number of nitrogens with one attached hydrogen (secondary N) is 1. The summed E-state index contributed by atoms with van der Waals surface area (Å²) in [5, 5.41) is 3.35. The Morgan fingerprint density at radius 3 is 2.47 bits per heavy atom. The molecule has 186 valence electrons. The fraction of sp³-hybridized carbons (Fsp3) is 0.385. The van der Waals surface area contributed by atoms with Gasteiger partial charge in [0.05, 0.1) is 30.7 Å². The molecule has 4 atom stereocenters. The van der Waals surface area contributed by atoms with Crippen molar-refractivity contribution in [2.24, 2.45) is 11.8 Å². The second-order valence-corrected chi connectivity index (χ2v) is 10.6. The fourth-order valence-electron chi connectivity index (χ4n) is 6.16. The Morgan fingerprint density at radius 1 is 1.06 bits per heavy atom. The van der Waals surface area contributed by atoms with Crippen molar-refractivity contribution in [3.63, 3.8) is 0 Å². The third-order valence-electron chi connectivity index (χ3n) is 7.76. The molecule has 3 saturated heterocycles. The number of fused-ring (bicyclic) bond motifs is 4. The predicted octanol–water partition coefficient (Wildman–Crippen LogP) is 1.65. The van der Waals surface area contributed by atoms with Gasteiger partial charge in [0, 0.05) is 34.9 Å². The van der Waals surface area contributed by atoms with Crippen LogP contribution in [0.25, 0.3) is 0 Å². The van der Waals surface area contributed by atoms with Gasteiger partial charge in [0.15, 0.2) is 0 Å². The van der Waals surface area contributed by atoms with Crippen molar-refractivity contribution in [1.82, 2.24) is 10.2 Å². The molecule has 4 amide bonds. The van der Waals surface area contributed by atoms with Crippen molar-refractivity contribution >= 4 is 50.9 Å². The Labute approximate surface area is 216 Å². The monoisotopic (exact) mass is 552 g/mol. The molecule has 6 rings (SSSR count). The summed E-state index contributed by atoms with van der Waals surface area (Å²) in [5.41, 5.74) is 0.279. The summed E-state index contributed by atoms with van der Waals surface area (Å²) in [6, 6.07) is 13.8. The first-order valence-electron chi connectivity index (χ1n) is 12.0. The third-order valence-corrected chi connectivity index (χ3v) is 8.28. The smallest absolute Gasteiger partial charge is 0.253 e. The van der Waals surface area contributed by atoms with Crippen molar-refractivity contribution in [3.05, 3.63) is 58.6 Å². The minimum atomic E-state index is -1.41. The molecule has 0 saturated carbocycles. The van der Waals surface area contributed by atoms with E-state index in [0.717, 1.165) is 4.47 Å². The SMILES string of the molecule is CC1NC2(C(=O)N(CC(=O)N3CCOCC3)c3ccccc32)C2C(=O)N(c3ccc(Br)cc3)C(=O)C12. The van der Waals surface area contributed by atoms with E-state index in [1.54, 1.807) is 35.2 Å². The number of rotatable bonds is 3. The number of hydrogen-bond acceptors (Lipinski definition) is 6. The molecule has 4 unspecified atom stereocenters. The van der Waals surface area contributed by atoms with Crippen molar-refractivity contribution in [2.75, 3.05) is 42.6 Å². The van der Waals surface area contributed by atoms with Gasteiger partial charge in [-0.15, -0.1) is 0 Å². The van der Waals surface area contributed by atoms with Gasteiger partial charge in [-0.2, -0.15) is 0 Å². The van der Waals surface area contributed by atoms with Gasteiger partial charge in [0.1, 0.15) is 12.1 Å². The number of ether oxygens (including phenoxy) is 1. The summed E-state index contributed by atoms with van der Waals surface area (Å²) in [7, 11) is 0. The lowest BCUT2D eigenvalue weighted by molar-refractivity contribution is -0.136. The number of carbonyl (C=O) groups excluding carboxylic acids is 4. The highest BCUT2D eigenvalue weighted by Crippen LogP contribution is 2.55. The number of amides is 4. The van der Waals surface area contributed by atoms with Crippen LogP contribution < -0.4 is 15.1 Å². The first-order valence-corrected chi connectivity index (χ1v) is 12.8. The second kappa shape index (κ2) is 8.50. The Kier molecular flexibility index (Phi) is 5.51. The summed E-state index contributed by atoms with van der Waals surface area (Å²) in [4.78, 5) is 59.2. The number of anilines is 2. The zero-order valence-electron chi connectivity index (χ0n) is 19.6. The minimum Gasteiger partial charge on any atom is -0.378 e. The number of carbonyl (C=O) groups is 4. The van der Waals surface area contributed by atoms with E-state index in [2.05, 4.69) is 21.2 Å². The van der Waals surface area contributed by atoms with Gasteiger partial charge in [0.25, 0.3) is 5.91 Å². The first kappa shape index (κ1) is 23.3. The molecular weight excluding hydrogens is 528 g/mol. The zero-order valence-corrected chi connectivity index (χ0v) is 21.2. The Morgan fingerprint density at radius 2 is 1.75 bits per heavy atom. The lowest BCUT2D eigenvalue weighted by Gasteiger charge is -2.31. The van der Waals surface area contributed by atoms with E-state index in [-0.39, 0.29) is 24.3 Å². The molecular formula is C26H25BrN4O5. The van der Waals surface area contributed by atoms with Gasteiger partial charge in [0.2, 0.25) is 17.7 Å². The van der Waals surface area contributed by atoms with E-state index in [1.165, 1.54) is 9.80 Å². The molecule has 10 heteroatoms. The average molecular weight is 553 g/mol. The largest absolute Gasteiger partial charge is 0.378 e. The van der Waals surface area contributed by atoms with Gasteiger partial charge in [-0.3, -0.25) is 24.5 Å². The summed E-state index contributed by atoms with van der Waals surface area (Å²) < 4.78 is 6.18. The molecule has 9 nitrogen and oxygen atoms in total. The molecule has 0 aromatic heterocycles. The van der Waals surface area contributed by atoms with Gasteiger partial charge >= 0.3 is 0 Å². The van der Waals surface area contributed by atoms with E-state index >= 15 is 0 Å². The second-order valence-electron chi connectivity index (χ2n) is 9.63. The van der Waals surface area contributed by atoms with Crippen LogP contribution in [-0.4, -0.2) is 67.4 Å². The van der Waals surface area contributed by atoms with Crippen LogP contribution in [0.4, 0.5) is 11.4 Å². The molecule has 3 fully saturated rings. The molecule has 0 aliphatic carbocycles. The maximum Gasteiger partial charge on any atom is 0.253 e. The lowest BCUT2D eigenvalue weighted by Crippen LogP contribution is -2.56. The fourth-order valence-corrected chi connectivity index (χ4v) is 6.42. The van der Waals surface area contributed by atoms with Crippen molar-refractivity contribution in [3.8, 4) is 0 Å². The van der Waals surface area contributed by atoms with Gasteiger partial charge in [-0.1, -0.05) is 34.1 Å². The molecule has 4 heterocycles. The van der Waals surface area contributed by atoms with Gasteiger partial charge in [-0.25, -0.2) is 4.90 Å². The van der Waals surface area contributed by atoms with Crippen LogP contribution in [-0.2, 0) is 29.5 Å². The Balaban J connectivity index is 1.40. The highest BCUT2D eigenvalue weighted by molar-refractivity contribution is 9.10. The Bertz CT molecular complexity index is 1280. The molecule has 0 radical (unpaired) electrons. The number of hydrogen-bond donors (Lipinski definition) is 1. The third kappa shape index (κ3) is 3.21. The maximum absolute atomic E-state index is 14.2. The zero-order chi connectivity index (χ0) is 25.2. The summed E-state index contributed by atoms with van der Waals surface area (Å²) in [6.45, 7) is 3.58. The molecule has 2 aromatic rings. The normalized spacial score (nSPS) is 29.3. The number of halogens is 1. The van der Waals surface area contributed by atoms with Crippen molar-refractivity contribution in [1.29, 1.82) is 0 Å². The molecule has 36 heavy (non-hydrogen) atoms. The van der Waals surface area contributed by atoms with Gasteiger partial charge < -0.3 is 14.5 Å². The summed E-state index contributed by atoms with van der Waals surface area (Å²) in [6.07, 6.45) is 0. The van der Waals surface area contributed by atoms with E-state index in [1.807, 2.05) is 25.1 Å². The topological polar surface area (TPSA) is 99.3 Å². The van der Waals surface area contributed by atoms with E-state index in [0.29, 0.717) is 43.2 Å². The maximum atomic E-state index is 14.2. The predicted molar refractivity (Wildman–Crippen MR) is 134 cm³/mol. The van der Waals surface area contributed by atoms with E-state index < -0.39 is 29.3 Å². The minimum absolute atomic E-state index is 0.135. The number of morpholine rings is 1. The standard InChI is InChI=1S/C26H25BrN4O5/c1-15-21-22(24(34)31(23(21)33)17-8-6-16(27)7-9-17)26(28-15)18-4-2-3-5-19(18)30(25(26)35)14-20(32)29-10-12-36-13-11-29/h2-9,15,21-22,28H,10-14H2,1H3. The highest BCUT2D eigenvalue weighted by Gasteiger charge is 2.71. The average Bonchev–Trinajstić information content (AvgIpc) is 3.43. The molecule has 4 aliphatic heterocycles. The number of benzene rings is 2. The number of imide groups is 1. The van der Waals surface area contributed by atoms with Crippen molar-refractivity contribution in [2.45, 2.75) is 18.5 Å².